The average Bonchev–Trinajstić information content (AvgIpc) is 2.53. The van der Waals surface area contributed by atoms with E-state index in [4.69, 9.17) is 5.11 Å². The molecule has 0 spiro atoms. The van der Waals surface area contributed by atoms with Gasteiger partial charge in [-0.25, -0.2) is 0 Å². The molecule has 0 aromatic heterocycles. The summed E-state index contributed by atoms with van der Waals surface area (Å²) in [6, 6.07) is 0. The minimum absolute atomic E-state index is 0.0778. The molecule has 0 rings (SSSR count). The molecule has 0 fully saturated rings. The van der Waals surface area contributed by atoms with E-state index in [1.807, 2.05) is 6.08 Å². The highest BCUT2D eigenvalue weighted by Gasteiger charge is 2.01. The maximum Gasteiger partial charge on any atom is 0.303 e. The lowest BCUT2D eigenvalue weighted by molar-refractivity contribution is -0.137. The van der Waals surface area contributed by atoms with E-state index < -0.39 is 18.2 Å². The summed E-state index contributed by atoms with van der Waals surface area (Å²) in [5.41, 5.74) is 0. The van der Waals surface area contributed by atoms with Gasteiger partial charge in [0.15, 0.2) is 0 Å². The van der Waals surface area contributed by atoms with Crippen LogP contribution in [-0.4, -0.2) is 33.5 Å². The van der Waals surface area contributed by atoms with Crippen molar-refractivity contribution in [3.8, 4) is 0 Å². The first kappa shape index (κ1) is 22.4. The van der Waals surface area contributed by atoms with Gasteiger partial charge in [-0.2, -0.15) is 0 Å². The number of aliphatic hydroxyl groups excluding tert-OH is 2. The third kappa shape index (κ3) is 16.7. The van der Waals surface area contributed by atoms with Crippen molar-refractivity contribution in [1.29, 1.82) is 0 Å². The molecule has 0 unspecified atom stereocenters. The van der Waals surface area contributed by atoms with Gasteiger partial charge in [0.2, 0.25) is 0 Å². The van der Waals surface area contributed by atoms with Crippen LogP contribution >= 0.6 is 0 Å². The van der Waals surface area contributed by atoms with Crippen LogP contribution in [0.15, 0.2) is 48.6 Å². The summed E-state index contributed by atoms with van der Waals surface area (Å²) < 4.78 is 0. The number of unbranched alkanes of at least 4 members (excludes halogenated alkanes) is 3. The highest BCUT2D eigenvalue weighted by molar-refractivity contribution is 5.66. The molecular weight excluding hydrogens is 304 g/mol. The molecule has 0 bridgehead atoms. The van der Waals surface area contributed by atoms with Crippen molar-refractivity contribution in [2.75, 3.05) is 0 Å². The van der Waals surface area contributed by atoms with Gasteiger partial charge in [-0.15, -0.1) is 0 Å². The second-order valence-electron chi connectivity index (χ2n) is 5.78. The Morgan fingerprint density at radius 1 is 0.917 bits per heavy atom. The number of hydrogen-bond acceptors (Lipinski definition) is 3. The molecule has 24 heavy (non-hydrogen) atoms. The molecule has 0 aliphatic rings. The predicted octanol–water partition coefficient (Wildman–Crippen LogP) is 4.16. The van der Waals surface area contributed by atoms with E-state index in [2.05, 4.69) is 13.0 Å². The van der Waals surface area contributed by atoms with Crippen molar-refractivity contribution in [3.63, 3.8) is 0 Å². The van der Waals surface area contributed by atoms with Crippen LogP contribution in [0.3, 0.4) is 0 Å². The topological polar surface area (TPSA) is 77.8 Å². The molecule has 0 radical (unpaired) electrons. The van der Waals surface area contributed by atoms with E-state index >= 15 is 0 Å². The van der Waals surface area contributed by atoms with Gasteiger partial charge >= 0.3 is 5.97 Å². The zero-order valence-electron chi connectivity index (χ0n) is 14.7. The van der Waals surface area contributed by atoms with Crippen LogP contribution < -0.4 is 0 Å². The van der Waals surface area contributed by atoms with Gasteiger partial charge in [-0.1, -0.05) is 68.4 Å². The van der Waals surface area contributed by atoms with Crippen molar-refractivity contribution in [2.45, 2.75) is 70.5 Å². The normalized spacial score (nSPS) is 15.1. The Bertz CT molecular complexity index is 421. The fraction of sp³-hybridized carbons (Fsp3) is 0.550. The number of aliphatic hydroxyl groups is 2. The summed E-state index contributed by atoms with van der Waals surface area (Å²) in [5, 5.41) is 27.9. The molecule has 3 N–H and O–H groups in total. The SMILES string of the molecule is CCCCCC=CC[C@H](O)C=C/C=C\C=C\[C@@H](O)CCCC(=O)O. The molecule has 0 aliphatic carbocycles. The molecule has 0 aliphatic heterocycles. The summed E-state index contributed by atoms with van der Waals surface area (Å²) in [6.07, 6.45) is 19.8. The third-order valence-corrected chi connectivity index (χ3v) is 3.41. The summed E-state index contributed by atoms with van der Waals surface area (Å²) in [7, 11) is 0. The number of aliphatic carboxylic acids is 1. The number of hydrogen-bond donors (Lipinski definition) is 3. The summed E-state index contributed by atoms with van der Waals surface area (Å²) in [6.45, 7) is 2.18. The first-order valence-electron chi connectivity index (χ1n) is 8.80. The number of carboxylic acids is 1. The van der Waals surface area contributed by atoms with Crippen molar-refractivity contribution < 1.29 is 20.1 Å². The zero-order chi connectivity index (χ0) is 18.0. The molecule has 0 aromatic rings. The first-order chi connectivity index (χ1) is 11.6. The Labute approximate surface area is 145 Å². The van der Waals surface area contributed by atoms with Crippen LogP contribution in [0.4, 0.5) is 0 Å². The Morgan fingerprint density at radius 2 is 1.58 bits per heavy atom. The van der Waals surface area contributed by atoms with Crippen LogP contribution in [0.2, 0.25) is 0 Å². The number of carboxylic acid groups (broad SMARTS) is 1. The highest BCUT2D eigenvalue weighted by atomic mass is 16.4. The van der Waals surface area contributed by atoms with Crippen LogP contribution in [0.5, 0.6) is 0 Å². The second kappa shape index (κ2) is 16.2. The maximum atomic E-state index is 10.3. The summed E-state index contributed by atoms with van der Waals surface area (Å²) in [4.78, 5) is 10.3. The maximum absolute atomic E-state index is 10.3. The Hall–Kier alpha value is -1.65. The quantitative estimate of drug-likeness (QED) is 0.253. The zero-order valence-corrected chi connectivity index (χ0v) is 14.7. The lowest BCUT2D eigenvalue weighted by Crippen LogP contribution is -2.03. The lowest BCUT2D eigenvalue weighted by atomic mass is 10.1. The number of rotatable bonds is 14. The predicted molar refractivity (Wildman–Crippen MR) is 98.8 cm³/mol. The van der Waals surface area contributed by atoms with E-state index in [9.17, 15) is 15.0 Å². The van der Waals surface area contributed by atoms with E-state index in [0.29, 0.717) is 19.3 Å². The van der Waals surface area contributed by atoms with Gasteiger partial charge in [-0.3, -0.25) is 4.79 Å². The van der Waals surface area contributed by atoms with Crippen LogP contribution in [-0.2, 0) is 4.79 Å². The van der Waals surface area contributed by atoms with Crippen molar-refractivity contribution in [2.24, 2.45) is 0 Å². The molecular formula is C20H32O4. The number of allylic oxidation sites excluding steroid dienone is 5. The molecule has 0 aromatic carbocycles. The van der Waals surface area contributed by atoms with Gasteiger partial charge in [-0.05, 0) is 32.1 Å². The first-order valence-corrected chi connectivity index (χ1v) is 8.80. The van der Waals surface area contributed by atoms with Crippen molar-refractivity contribution >= 4 is 5.97 Å². The summed E-state index contributed by atoms with van der Waals surface area (Å²) >= 11 is 0. The molecule has 4 heteroatoms. The van der Waals surface area contributed by atoms with Gasteiger partial charge in [0, 0.05) is 6.42 Å². The second-order valence-corrected chi connectivity index (χ2v) is 5.78. The van der Waals surface area contributed by atoms with Crippen LogP contribution in [0.25, 0.3) is 0 Å². The van der Waals surface area contributed by atoms with Crippen LogP contribution in [0.1, 0.15) is 58.3 Å². The van der Waals surface area contributed by atoms with E-state index in [0.717, 1.165) is 6.42 Å². The Balaban J connectivity index is 3.81. The van der Waals surface area contributed by atoms with E-state index in [-0.39, 0.29) is 6.42 Å². The van der Waals surface area contributed by atoms with Crippen molar-refractivity contribution in [3.05, 3.63) is 48.6 Å². The monoisotopic (exact) mass is 336 g/mol. The largest absolute Gasteiger partial charge is 0.481 e. The minimum atomic E-state index is -0.842. The van der Waals surface area contributed by atoms with Crippen molar-refractivity contribution in [1.82, 2.24) is 0 Å². The average molecular weight is 336 g/mol. The molecule has 0 heterocycles. The fourth-order valence-electron chi connectivity index (χ4n) is 2.02. The lowest BCUT2D eigenvalue weighted by Gasteiger charge is -2.02. The molecule has 0 saturated carbocycles. The van der Waals surface area contributed by atoms with Gasteiger partial charge < -0.3 is 15.3 Å². The standard InChI is InChI=1S/C20H32O4/c1-2-3-4-5-6-9-13-18(21)14-10-7-8-11-15-19(22)16-12-17-20(23)24/h6-11,14-15,18-19,21-22H,2-5,12-13,16-17H2,1H3,(H,23,24)/b8-7-,9-6?,14-10?,15-11+/t18-,19+/m0/s1. The molecule has 0 saturated heterocycles. The summed E-state index contributed by atoms with van der Waals surface area (Å²) in [5.74, 6) is -0.842. The van der Waals surface area contributed by atoms with Gasteiger partial charge in [0.1, 0.15) is 0 Å². The Kier molecular flexibility index (Phi) is 15.1. The fourth-order valence-corrected chi connectivity index (χ4v) is 2.02. The van der Waals surface area contributed by atoms with Gasteiger partial charge in [0.25, 0.3) is 0 Å². The number of carbonyl (C=O) groups is 1. The molecule has 136 valence electrons. The highest BCUT2D eigenvalue weighted by Crippen LogP contribution is 2.03. The minimum Gasteiger partial charge on any atom is -0.481 e. The smallest absolute Gasteiger partial charge is 0.303 e. The van der Waals surface area contributed by atoms with E-state index in [1.54, 1.807) is 36.5 Å². The van der Waals surface area contributed by atoms with E-state index in [1.165, 1.54) is 19.3 Å². The molecule has 2 atom stereocenters. The molecule has 0 amide bonds. The third-order valence-electron chi connectivity index (χ3n) is 3.41. The molecule has 4 nitrogen and oxygen atoms in total. The van der Waals surface area contributed by atoms with Gasteiger partial charge in [0.05, 0.1) is 12.2 Å². The Morgan fingerprint density at radius 3 is 2.21 bits per heavy atom. The van der Waals surface area contributed by atoms with Crippen LogP contribution in [0, 0.1) is 0 Å².